The predicted molar refractivity (Wildman–Crippen MR) is 57.3 cm³/mol. The second-order valence-electron chi connectivity index (χ2n) is 2.98. The molecule has 0 saturated carbocycles. The molecule has 1 aliphatic rings. The van der Waals surface area contributed by atoms with Crippen molar-refractivity contribution in [1.82, 2.24) is 0 Å². The van der Waals surface area contributed by atoms with Crippen molar-refractivity contribution >= 4 is 5.91 Å². The Morgan fingerprint density at radius 2 is 1.93 bits per heavy atom. The van der Waals surface area contributed by atoms with Crippen molar-refractivity contribution in [3.05, 3.63) is 47.6 Å². The van der Waals surface area contributed by atoms with Gasteiger partial charge in [0.1, 0.15) is 0 Å². The third kappa shape index (κ3) is 3.03. The van der Waals surface area contributed by atoms with E-state index in [1.807, 2.05) is 18.2 Å². The van der Waals surface area contributed by atoms with Gasteiger partial charge in [0.05, 0.1) is 0 Å². The van der Waals surface area contributed by atoms with Gasteiger partial charge in [-0.3, -0.25) is 4.79 Å². The lowest BCUT2D eigenvalue weighted by Crippen LogP contribution is -2.12. The van der Waals surface area contributed by atoms with Crippen molar-refractivity contribution in [3.8, 4) is 0 Å². The van der Waals surface area contributed by atoms with Gasteiger partial charge in [-0.1, -0.05) is 24.3 Å². The van der Waals surface area contributed by atoms with E-state index in [-0.39, 0.29) is 0 Å². The Bertz CT molecular complexity index is 335. The van der Waals surface area contributed by atoms with Gasteiger partial charge in [0.25, 0.3) is 0 Å². The highest BCUT2D eigenvalue weighted by atomic mass is 16.1. The highest BCUT2D eigenvalue weighted by Crippen LogP contribution is 2.08. The van der Waals surface area contributed by atoms with Gasteiger partial charge in [0, 0.05) is 5.57 Å². The molecule has 3 nitrogen and oxygen atoms in total. The first-order valence-electron chi connectivity index (χ1n) is 4.49. The van der Waals surface area contributed by atoms with Crippen LogP contribution in [0.2, 0.25) is 0 Å². The summed E-state index contributed by atoms with van der Waals surface area (Å²) in [5.41, 5.74) is 12.2. The Balaban J connectivity index is 2.87. The summed E-state index contributed by atoms with van der Waals surface area (Å²) in [6.07, 6.45) is 11.7. The second-order valence-corrected chi connectivity index (χ2v) is 2.98. The molecule has 0 heterocycles. The summed E-state index contributed by atoms with van der Waals surface area (Å²) in [7, 11) is 0. The molecule has 0 aliphatic heterocycles. The molecular weight excluding hydrogens is 176 g/mol. The van der Waals surface area contributed by atoms with Crippen molar-refractivity contribution in [3.63, 3.8) is 0 Å². The van der Waals surface area contributed by atoms with Crippen LogP contribution >= 0.6 is 0 Å². The maximum absolute atomic E-state index is 10.9. The standard InChI is InChI=1S/C11H14N2O/c12-8-7-9-3-1-2-4-10(6-5-9)11(13)14/h1-6H,7-8,12H2,(H2,13,14). The average molecular weight is 190 g/mol. The van der Waals surface area contributed by atoms with Crippen LogP contribution in [0.5, 0.6) is 0 Å². The summed E-state index contributed by atoms with van der Waals surface area (Å²) < 4.78 is 0. The van der Waals surface area contributed by atoms with Gasteiger partial charge in [-0.25, -0.2) is 0 Å². The lowest BCUT2D eigenvalue weighted by molar-refractivity contribution is -0.114. The molecule has 1 aliphatic carbocycles. The summed E-state index contributed by atoms with van der Waals surface area (Å²) in [5, 5.41) is 0. The predicted octanol–water partition coefficient (Wildman–Crippen LogP) is 0.799. The lowest BCUT2D eigenvalue weighted by atomic mass is 10.1. The average Bonchev–Trinajstić information content (AvgIpc) is 2.09. The number of amides is 1. The summed E-state index contributed by atoms with van der Waals surface area (Å²) in [4.78, 5) is 10.9. The molecule has 0 radical (unpaired) electrons. The van der Waals surface area contributed by atoms with Gasteiger partial charge in [0.2, 0.25) is 5.91 Å². The number of primary amides is 1. The fraction of sp³-hybridized carbons (Fsp3) is 0.182. The Morgan fingerprint density at radius 3 is 2.57 bits per heavy atom. The number of hydrogen-bond acceptors (Lipinski definition) is 2. The molecule has 0 aromatic carbocycles. The first kappa shape index (κ1) is 10.5. The van der Waals surface area contributed by atoms with E-state index in [0.717, 1.165) is 12.0 Å². The summed E-state index contributed by atoms with van der Waals surface area (Å²) in [6, 6.07) is 0. The van der Waals surface area contributed by atoms with Crippen LogP contribution in [0.1, 0.15) is 6.42 Å². The van der Waals surface area contributed by atoms with E-state index in [0.29, 0.717) is 12.1 Å². The molecule has 3 heteroatoms. The molecule has 14 heavy (non-hydrogen) atoms. The van der Waals surface area contributed by atoms with E-state index in [2.05, 4.69) is 0 Å². The maximum atomic E-state index is 10.9. The van der Waals surface area contributed by atoms with Gasteiger partial charge >= 0.3 is 0 Å². The second kappa shape index (κ2) is 5.19. The molecule has 0 spiro atoms. The van der Waals surface area contributed by atoms with Crippen LogP contribution in [-0.4, -0.2) is 12.5 Å². The molecule has 0 aromatic rings. The van der Waals surface area contributed by atoms with Crippen LogP contribution in [0.4, 0.5) is 0 Å². The van der Waals surface area contributed by atoms with Crippen molar-refractivity contribution < 1.29 is 4.79 Å². The summed E-state index contributed by atoms with van der Waals surface area (Å²) in [5.74, 6) is -0.417. The SMILES string of the molecule is NCCC1=CC=C(C(N)=O)C=CC=C1. The number of rotatable bonds is 3. The van der Waals surface area contributed by atoms with Crippen LogP contribution in [-0.2, 0) is 4.79 Å². The van der Waals surface area contributed by atoms with E-state index in [1.54, 1.807) is 18.2 Å². The number of allylic oxidation sites excluding steroid dienone is 5. The van der Waals surface area contributed by atoms with Crippen LogP contribution in [0.15, 0.2) is 47.6 Å². The zero-order chi connectivity index (χ0) is 10.4. The Labute approximate surface area is 83.5 Å². The smallest absolute Gasteiger partial charge is 0.248 e. The van der Waals surface area contributed by atoms with E-state index in [9.17, 15) is 4.79 Å². The molecule has 0 unspecified atom stereocenters. The molecule has 0 fully saturated rings. The molecule has 0 atom stereocenters. The molecule has 1 rings (SSSR count). The van der Waals surface area contributed by atoms with E-state index in [1.165, 1.54) is 0 Å². The third-order valence-electron chi connectivity index (χ3n) is 1.89. The molecule has 0 bridgehead atoms. The monoisotopic (exact) mass is 190 g/mol. The fourth-order valence-electron chi connectivity index (χ4n) is 1.14. The largest absolute Gasteiger partial charge is 0.366 e. The Morgan fingerprint density at radius 1 is 1.21 bits per heavy atom. The molecule has 1 amide bonds. The van der Waals surface area contributed by atoms with Crippen LogP contribution in [0, 0.1) is 0 Å². The third-order valence-corrected chi connectivity index (χ3v) is 1.89. The van der Waals surface area contributed by atoms with Gasteiger partial charge < -0.3 is 11.5 Å². The first-order valence-corrected chi connectivity index (χ1v) is 4.49. The topological polar surface area (TPSA) is 69.1 Å². The van der Waals surface area contributed by atoms with Gasteiger partial charge in [-0.2, -0.15) is 0 Å². The van der Waals surface area contributed by atoms with Gasteiger partial charge in [-0.15, -0.1) is 0 Å². The fourth-order valence-corrected chi connectivity index (χ4v) is 1.14. The lowest BCUT2D eigenvalue weighted by Gasteiger charge is -2.00. The minimum absolute atomic E-state index is 0.417. The van der Waals surface area contributed by atoms with Gasteiger partial charge in [0.15, 0.2) is 0 Å². The van der Waals surface area contributed by atoms with Gasteiger partial charge in [-0.05, 0) is 30.7 Å². The normalized spacial score (nSPS) is 15.5. The summed E-state index contributed by atoms with van der Waals surface area (Å²) >= 11 is 0. The highest BCUT2D eigenvalue weighted by Gasteiger charge is 1.99. The number of carbonyl (C=O) groups excluding carboxylic acids is 1. The van der Waals surface area contributed by atoms with Crippen molar-refractivity contribution in [2.24, 2.45) is 11.5 Å². The Hall–Kier alpha value is -1.61. The van der Waals surface area contributed by atoms with Crippen molar-refractivity contribution in [2.75, 3.05) is 6.54 Å². The first-order chi connectivity index (χ1) is 6.74. The van der Waals surface area contributed by atoms with Crippen LogP contribution in [0.25, 0.3) is 0 Å². The zero-order valence-electron chi connectivity index (χ0n) is 7.94. The molecule has 0 aromatic heterocycles. The number of hydrogen-bond donors (Lipinski definition) is 2. The molecule has 0 saturated heterocycles. The van der Waals surface area contributed by atoms with E-state index >= 15 is 0 Å². The van der Waals surface area contributed by atoms with Crippen molar-refractivity contribution in [1.29, 1.82) is 0 Å². The number of carbonyl (C=O) groups is 1. The maximum Gasteiger partial charge on any atom is 0.248 e. The number of nitrogens with two attached hydrogens (primary N) is 2. The van der Waals surface area contributed by atoms with E-state index in [4.69, 9.17) is 11.5 Å². The van der Waals surface area contributed by atoms with Crippen LogP contribution in [0.3, 0.4) is 0 Å². The van der Waals surface area contributed by atoms with Crippen molar-refractivity contribution in [2.45, 2.75) is 6.42 Å². The van der Waals surface area contributed by atoms with E-state index < -0.39 is 5.91 Å². The Kier molecular flexibility index (Phi) is 3.88. The quantitative estimate of drug-likeness (QED) is 0.691. The molecule has 4 N–H and O–H groups in total. The minimum Gasteiger partial charge on any atom is -0.366 e. The minimum atomic E-state index is -0.417. The zero-order valence-corrected chi connectivity index (χ0v) is 7.94. The molecule has 74 valence electrons. The molecular formula is C11H14N2O. The highest BCUT2D eigenvalue weighted by molar-refractivity contribution is 5.95. The summed E-state index contributed by atoms with van der Waals surface area (Å²) in [6.45, 7) is 0.597. The van der Waals surface area contributed by atoms with Crippen LogP contribution < -0.4 is 11.5 Å².